The van der Waals surface area contributed by atoms with Crippen LogP contribution in [0.4, 0.5) is 0 Å². The van der Waals surface area contributed by atoms with Crippen LogP contribution < -0.4 is 0 Å². The Hall–Kier alpha value is -2.45. The molecule has 4 rings (SSSR count). The Morgan fingerprint density at radius 1 is 0.760 bits per heavy atom. The molecule has 0 aromatic heterocycles. The van der Waals surface area contributed by atoms with Crippen LogP contribution in [0, 0.1) is 13.8 Å². The molecule has 0 heterocycles. The third-order valence-electron chi connectivity index (χ3n) is 5.00. The highest BCUT2D eigenvalue weighted by Crippen LogP contribution is 2.36. The molecule has 0 saturated heterocycles. The SMILES string of the molecule is Cc1cc2cc3ccccc3cc2c(-c2ccc(S(C)=O)cc2)c1C. The van der Waals surface area contributed by atoms with E-state index in [1.165, 1.54) is 43.8 Å². The number of hydrogen-bond donors (Lipinski definition) is 0. The summed E-state index contributed by atoms with van der Waals surface area (Å²) in [6, 6.07) is 23.5. The Kier molecular flexibility index (Phi) is 3.93. The van der Waals surface area contributed by atoms with Crippen molar-refractivity contribution in [2.24, 2.45) is 0 Å². The fourth-order valence-electron chi connectivity index (χ4n) is 3.52. The van der Waals surface area contributed by atoms with Gasteiger partial charge >= 0.3 is 0 Å². The molecule has 0 aliphatic heterocycles. The molecule has 0 amide bonds. The molecule has 25 heavy (non-hydrogen) atoms. The van der Waals surface area contributed by atoms with Crippen molar-refractivity contribution in [1.29, 1.82) is 0 Å². The van der Waals surface area contributed by atoms with Gasteiger partial charge in [0.2, 0.25) is 0 Å². The van der Waals surface area contributed by atoms with Crippen molar-refractivity contribution < 1.29 is 4.21 Å². The monoisotopic (exact) mass is 344 g/mol. The summed E-state index contributed by atoms with van der Waals surface area (Å²) in [5.41, 5.74) is 5.04. The lowest BCUT2D eigenvalue weighted by Crippen LogP contribution is -1.92. The molecular weight excluding hydrogens is 324 g/mol. The van der Waals surface area contributed by atoms with Gasteiger partial charge in [0, 0.05) is 22.0 Å². The van der Waals surface area contributed by atoms with E-state index in [4.69, 9.17) is 0 Å². The highest BCUT2D eigenvalue weighted by Gasteiger charge is 2.11. The average Bonchev–Trinajstić information content (AvgIpc) is 2.61. The van der Waals surface area contributed by atoms with Crippen LogP contribution in [0.3, 0.4) is 0 Å². The summed E-state index contributed by atoms with van der Waals surface area (Å²) in [4.78, 5) is 0.865. The van der Waals surface area contributed by atoms with Gasteiger partial charge in [-0.1, -0.05) is 42.5 Å². The van der Waals surface area contributed by atoms with Gasteiger partial charge in [0.25, 0.3) is 0 Å². The summed E-state index contributed by atoms with van der Waals surface area (Å²) in [7, 11) is -0.949. The Morgan fingerprint density at radius 2 is 1.40 bits per heavy atom. The van der Waals surface area contributed by atoms with Crippen molar-refractivity contribution in [3.8, 4) is 11.1 Å². The van der Waals surface area contributed by atoms with Crippen molar-refractivity contribution in [2.45, 2.75) is 18.7 Å². The Morgan fingerprint density at radius 3 is 2.04 bits per heavy atom. The molecule has 0 aliphatic carbocycles. The van der Waals surface area contributed by atoms with Crippen molar-refractivity contribution in [3.05, 3.63) is 77.9 Å². The summed E-state index contributed by atoms with van der Waals surface area (Å²) < 4.78 is 11.7. The molecule has 0 N–H and O–H groups in total. The largest absolute Gasteiger partial charge is 0.255 e. The Bertz CT molecular complexity index is 1120. The standard InChI is InChI=1S/C23H20OS/c1-15-12-20-13-18-6-4-5-7-19(18)14-22(20)23(16(15)2)17-8-10-21(11-9-17)25(3)24/h4-14H,1-3H3. The van der Waals surface area contributed by atoms with Gasteiger partial charge < -0.3 is 0 Å². The van der Waals surface area contributed by atoms with Crippen LogP contribution in [0.1, 0.15) is 11.1 Å². The predicted molar refractivity (Wildman–Crippen MR) is 109 cm³/mol. The van der Waals surface area contributed by atoms with Gasteiger partial charge in [0.1, 0.15) is 0 Å². The summed E-state index contributed by atoms with van der Waals surface area (Å²) in [5.74, 6) is 0. The maximum Gasteiger partial charge on any atom is 0.0498 e. The number of rotatable bonds is 2. The van der Waals surface area contributed by atoms with E-state index in [0.29, 0.717) is 0 Å². The van der Waals surface area contributed by atoms with Gasteiger partial charge in [-0.15, -0.1) is 0 Å². The number of fused-ring (bicyclic) bond motifs is 2. The highest BCUT2D eigenvalue weighted by molar-refractivity contribution is 7.84. The molecular formula is C23H20OS. The molecule has 0 bridgehead atoms. The Labute approximate surface area is 150 Å². The second-order valence-electron chi connectivity index (χ2n) is 6.59. The van der Waals surface area contributed by atoms with E-state index in [1.54, 1.807) is 6.26 Å². The lowest BCUT2D eigenvalue weighted by molar-refractivity contribution is 0.687. The van der Waals surface area contributed by atoms with Crippen molar-refractivity contribution >= 4 is 32.3 Å². The summed E-state index contributed by atoms with van der Waals surface area (Å²) in [6.07, 6.45) is 1.72. The zero-order chi connectivity index (χ0) is 17.6. The molecule has 2 heteroatoms. The van der Waals surface area contributed by atoms with E-state index in [9.17, 15) is 4.21 Å². The minimum absolute atomic E-state index is 0.865. The maximum atomic E-state index is 11.7. The minimum atomic E-state index is -0.949. The molecule has 4 aromatic carbocycles. The zero-order valence-electron chi connectivity index (χ0n) is 14.7. The van der Waals surface area contributed by atoms with Crippen LogP contribution in [0.2, 0.25) is 0 Å². The van der Waals surface area contributed by atoms with E-state index >= 15 is 0 Å². The number of hydrogen-bond acceptors (Lipinski definition) is 1. The molecule has 1 nitrogen and oxygen atoms in total. The van der Waals surface area contributed by atoms with Crippen LogP contribution in [0.25, 0.3) is 32.7 Å². The quantitative estimate of drug-likeness (QED) is 0.407. The second kappa shape index (κ2) is 6.12. The van der Waals surface area contributed by atoms with Crippen LogP contribution in [-0.4, -0.2) is 10.5 Å². The summed E-state index contributed by atoms with van der Waals surface area (Å²) in [5, 5.41) is 5.05. The van der Waals surface area contributed by atoms with Gasteiger partial charge in [-0.25, -0.2) is 0 Å². The fourth-order valence-corrected chi connectivity index (χ4v) is 4.04. The molecule has 1 unspecified atom stereocenters. The molecule has 0 aliphatic rings. The molecule has 0 fully saturated rings. The first-order chi connectivity index (χ1) is 12.0. The van der Waals surface area contributed by atoms with Crippen LogP contribution >= 0.6 is 0 Å². The topological polar surface area (TPSA) is 17.1 Å². The van der Waals surface area contributed by atoms with E-state index in [0.717, 1.165) is 4.90 Å². The van der Waals surface area contributed by atoms with E-state index in [1.807, 2.05) is 12.1 Å². The lowest BCUT2D eigenvalue weighted by atomic mass is 9.89. The van der Waals surface area contributed by atoms with Gasteiger partial charge in [0.15, 0.2) is 0 Å². The maximum absolute atomic E-state index is 11.7. The van der Waals surface area contributed by atoms with E-state index < -0.39 is 10.8 Å². The smallest absolute Gasteiger partial charge is 0.0498 e. The second-order valence-corrected chi connectivity index (χ2v) is 7.97. The first kappa shape index (κ1) is 16.0. The highest BCUT2D eigenvalue weighted by atomic mass is 32.2. The summed E-state index contributed by atoms with van der Waals surface area (Å²) >= 11 is 0. The molecule has 0 spiro atoms. The predicted octanol–water partition coefficient (Wildman–Crippen LogP) is 6.01. The van der Waals surface area contributed by atoms with Gasteiger partial charge in [-0.05, 0) is 81.9 Å². The normalized spacial score (nSPS) is 12.6. The van der Waals surface area contributed by atoms with Crippen molar-refractivity contribution in [3.63, 3.8) is 0 Å². The number of aryl methyl sites for hydroxylation is 1. The third kappa shape index (κ3) is 2.77. The minimum Gasteiger partial charge on any atom is -0.255 e. The first-order valence-corrected chi connectivity index (χ1v) is 9.97. The van der Waals surface area contributed by atoms with Gasteiger partial charge in [-0.3, -0.25) is 4.21 Å². The molecule has 0 saturated carbocycles. The number of benzene rings is 4. The van der Waals surface area contributed by atoms with E-state index in [-0.39, 0.29) is 0 Å². The van der Waals surface area contributed by atoms with Crippen molar-refractivity contribution in [2.75, 3.05) is 6.26 Å². The first-order valence-electron chi connectivity index (χ1n) is 8.41. The van der Waals surface area contributed by atoms with Crippen LogP contribution in [0.15, 0.2) is 71.6 Å². The summed E-state index contributed by atoms with van der Waals surface area (Å²) in [6.45, 7) is 4.36. The molecule has 124 valence electrons. The van der Waals surface area contributed by atoms with Crippen molar-refractivity contribution in [1.82, 2.24) is 0 Å². The zero-order valence-corrected chi connectivity index (χ0v) is 15.5. The van der Waals surface area contributed by atoms with Gasteiger partial charge in [-0.2, -0.15) is 0 Å². The fraction of sp³-hybridized carbons (Fsp3) is 0.130. The Balaban J connectivity index is 2.05. The average molecular weight is 344 g/mol. The van der Waals surface area contributed by atoms with E-state index in [2.05, 4.69) is 68.4 Å². The molecule has 1 atom stereocenters. The van der Waals surface area contributed by atoms with Crippen LogP contribution in [0.5, 0.6) is 0 Å². The third-order valence-corrected chi connectivity index (χ3v) is 5.94. The van der Waals surface area contributed by atoms with Gasteiger partial charge in [0.05, 0.1) is 0 Å². The molecule has 4 aromatic rings. The molecule has 0 radical (unpaired) electrons. The lowest BCUT2D eigenvalue weighted by Gasteiger charge is -2.15. The van der Waals surface area contributed by atoms with Crippen LogP contribution in [-0.2, 0) is 10.8 Å².